The van der Waals surface area contributed by atoms with Gasteiger partial charge in [-0.25, -0.2) is 4.79 Å². The summed E-state index contributed by atoms with van der Waals surface area (Å²) in [6.07, 6.45) is 3.77. The van der Waals surface area contributed by atoms with Gasteiger partial charge in [0, 0.05) is 11.5 Å². The number of nitrogens with zero attached hydrogens (tertiary/aromatic N) is 2. The van der Waals surface area contributed by atoms with Crippen molar-refractivity contribution in [1.29, 1.82) is 0 Å². The van der Waals surface area contributed by atoms with Crippen LogP contribution in [-0.2, 0) is 11.2 Å². The van der Waals surface area contributed by atoms with E-state index in [4.69, 9.17) is 4.74 Å². The minimum Gasteiger partial charge on any atom is -0.442 e. The Hall–Kier alpha value is -0.840. The summed E-state index contributed by atoms with van der Waals surface area (Å²) in [5.41, 5.74) is 0.524. The summed E-state index contributed by atoms with van der Waals surface area (Å²) in [5, 5.41) is 4.79. The van der Waals surface area contributed by atoms with Crippen LogP contribution in [0.25, 0.3) is 0 Å². The summed E-state index contributed by atoms with van der Waals surface area (Å²) in [4.78, 5) is 11.5. The number of alkyl halides is 1. The van der Waals surface area contributed by atoms with Crippen LogP contribution < -0.4 is 0 Å². The SMILES string of the molecule is CC(C)(C)OC(=O)n1cc(CCBr)cn1. The number of aryl methyl sites for hydroxylation is 1. The van der Waals surface area contributed by atoms with Gasteiger partial charge in [0.2, 0.25) is 0 Å². The first-order chi connectivity index (χ1) is 6.92. The van der Waals surface area contributed by atoms with Crippen LogP contribution in [0.1, 0.15) is 26.3 Å². The molecule has 0 radical (unpaired) electrons. The molecule has 4 nitrogen and oxygen atoms in total. The molecule has 0 amide bonds. The Kier molecular flexibility index (Phi) is 3.90. The predicted octanol–water partition coefficient (Wildman–Crippen LogP) is 2.60. The first kappa shape index (κ1) is 12.2. The van der Waals surface area contributed by atoms with E-state index in [0.717, 1.165) is 17.3 Å². The highest BCUT2D eigenvalue weighted by molar-refractivity contribution is 9.09. The first-order valence-electron chi connectivity index (χ1n) is 4.75. The van der Waals surface area contributed by atoms with Gasteiger partial charge in [0.25, 0.3) is 0 Å². The number of rotatable bonds is 2. The van der Waals surface area contributed by atoms with E-state index in [1.165, 1.54) is 4.68 Å². The maximum Gasteiger partial charge on any atom is 0.435 e. The van der Waals surface area contributed by atoms with Gasteiger partial charge in [-0.3, -0.25) is 0 Å². The highest BCUT2D eigenvalue weighted by atomic mass is 79.9. The van der Waals surface area contributed by atoms with Crippen molar-refractivity contribution in [3.8, 4) is 0 Å². The molecule has 0 aliphatic heterocycles. The summed E-state index contributed by atoms with van der Waals surface area (Å²) >= 11 is 3.33. The molecule has 1 heterocycles. The van der Waals surface area contributed by atoms with Crippen LogP contribution in [0, 0.1) is 0 Å². The zero-order valence-electron chi connectivity index (χ0n) is 9.16. The fourth-order valence-electron chi connectivity index (χ4n) is 1.01. The van der Waals surface area contributed by atoms with Crippen LogP contribution in [-0.4, -0.2) is 26.8 Å². The molecule has 0 fully saturated rings. The normalized spacial score (nSPS) is 11.5. The highest BCUT2D eigenvalue weighted by Crippen LogP contribution is 2.09. The molecule has 1 aromatic rings. The van der Waals surface area contributed by atoms with Gasteiger partial charge in [-0.2, -0.15) is 9.78 Å². The monoisotopic (exact) mass is 274 g/mol. The fraction of sp³-hybridized carbons (Fsp3) is 0.600. The van der Waals surface area contributed by atoms with E-state index in [1.54, 1.807) is 12.4 Å². The number of carbonyl (C=O) groups excluding carboxylic acids is 1. The predicted molar refractivity (Wildman–Crippen MR) is 61.4 cm³/mol. The van der Waals surface area contributed by atoms with Crippen molar-refractivity contribution in [3.05, 3.63) is 18.0 Å². The maximum atomic E-state index is 11.5. The molecule has 5 heteroatoms. The molecular formula is C10H15BrN2O2. The molecule has 0 atom stereocenters. The molecule has 0 bridgehead atoms. The van der Waals surface area contributed by atoms with Crippen LogP contribution in [0.5, 0.6) is 0 Å². The lowest BCUT2D eigenvalue weighted by Gasteiger charge is -2.18. The van der Waals surface area contributed by atoms with Gasteiger partial charge >= 0.3 is 6.09 Å². The Morgan fingerprint density at radius 2 is 2.27 bits per heavy atom. The third-order valence-electron chi connectivity index (χ3n) is 1.60. The van der Waals surface area contributed by atoms with Crippen molar-refractivity contribution in [2.45, 2.75) is 32.8 Å². The van der Waals surface area contributed by atoms with Crippen LogP contribution >= 0.6 is 15.9 Å². The van der Waals surface area contributed by atoms with Crippen molar-refractivity contribution < 1.29 is 9.53 Å². The van der Waals surface area contributed by atoms with Gasteiger partial charge in [-0.1, -0.05) is 15.9 Å². The third-order valence-corrected chi connectivity index (χ3v) is 2.00. The summed E-state index contributed by atoms with van der Waals surface area (Å²) in [5.74, 6) is 0. The Bertz CT molecular complexity index is 341. The Morgan fingerprint density at radius 3 is 2.80 bits per heavy atom. The number of carbonyl (C=O) groups is 1. The molecule has 1 rings (SSSR count). The largest absolute Gasteiger partial charge is 0.442 e. The molecule has 0 spiro atoms. The number of hydrogen-bond donors (Lipinski definition) is 0. The highest BCUT2D eigenvalue weighted by Gasteiger charge is 2.18. The number of halogens is 1. The molecule has 15 heavy (non-hydrogen) atoms. The standard InChI is InChI=1S/C10H15BrN2O2/c1-10(2,3)15-9(14)13-7-8(4-5-11)6-12-13/h6-7H,4-5H2,1-3H3. The van der Waals surface area contributed by atoms with Crippen molar-refractivity contribution in [3.63, 3.8) is 0 Å². The third kappa shape index (κ3) is 4.03. The molecule has 0 aliphatic rings. The second kappa shape index (κ2) is 4.79. The fourth-order valence-corrected chi connectivity index (χ4v) is 1.46. The van der Waals surface area contributed by atoms with Gasteiger partial charge in [0.05, 0.1) is 6.20 Å². The van der Waals surface area contributed by atoms with E-state index in [-0.39, 0.29) is 0 Å². The first-order valence-corrected chi connectivity index (χ1v) is 5.87. The van der Waals surface area contributed by atoms with E-state index < -0.39 is 11.7 Å². The lowest BCUT2D eigenvalue weighted by molar-refractivity contribution is 0.0514. The van der Waals surface area contributed by atoms with Crippen molar-refractivity contribution in [1.82, 2.24) is 9.78 Å². The molecule has 0 unspecified atom stereocenters. The molecular weight excluding hydrogens is 260 g/mol. The zero-order chi connectivity index (χ0) is 11.5. The summed E-state index contributed by atoms with van der Waals surface area (Å²) in [6.45, 7) is 5.48. The zero-order valence-corrected chi connectivity index (χ0v) is 10.7. The van der Waals surface area contributed by atoms with Gasteiger partial charge in [-0.15, -0.1) is 0 Å². The van der Waals surface area contributed by atoms with Gasteiger partial charge in [0.15, 0.2) is 0 Å². The van der Waals surface area contributed by atoms with E-state index in [9.17, 15) is 4.79 Å². The van der Waals surface area contributed by atoms with E-state index >= 15 is 0 Å². The molecule has 1 aromatic heterocycles. The van der Waals surface area contributed by atoms with Gasteiger partial charge in [0.1, 0.15) is 5.60 Å². The number of ether oxygens (including phenoxy) is 1. The molecule has 84 valence electrons. The van der Waals surface area contributed by atoms with Crippen LogP contribution in [0.3, 0.4) is 0 Å². The summed E-state index contributed by atoms with van der Waals surface area (Å²) < 4.78 is 6.39. The Balaban J connectivity index is 2.66. The summed E-state index contributed by atoms with van der Waals surface area (Å²) in [6, 6.07) is 0. The average Bonchev–Trinajstić information content (AvgIpc) is 2.50. The van der Waals surface area contributed by atoms with Crippen molar-refractivity contribution in [2.75, 3.05) is 5.33 Å². The summed E-state index contributed by atoms with van der Waals surface area (Å²) in [7, 11) is 0. The Labute approximate surface area is 97.7 Å². The van der Waals surface area contributed by atoms with Crippen LogP contribution in [0.15, 0.2) is 12.4 Å². The van der Waals surface area contributed by atoms with Crippen molar-refractivity contribution in [2.24, 2.45) is 0 Å². The molecule has 0 N–H and O–H groups in total. The molecule has 0 aliphatic carbocycles. The van der Waals surface area contributed by atoms with Gasteiger partial charge < -0.3 is 4.74 Å². The maximum absolute atomic E-state index is 11.5. The lowest BCUT2D eigenvalue weighted by Crippen LogP contribution is -2.27. The average molecular weight is 275 g/mol. The van der Waals surface area contributed by atoms with Gasteiger partial charge in [-0.05, 0) is 32.8 Å². The molecule has 0 saturated heterocycles. The second-order valence-corrected chi connectivity index (χ2v) is 5.01. The molecule has 0 saturated carbocycles. The van der Waals surface area contributed by atoms with E-state index in [1.807, 2.05) is 20.8 Å². The topological polar surface area (TPSA) is 44.1 Å². The number of aromatic nitrogens is 2. The van der Waals surface area contributed by atoms with Crippen molar-refractivity contribution >= 4 is 22.0 Å². The Morgan fingerprint density at radius 1 is 1.60 bits per heavy atom. The van der Waals surface area contributed by atoms with Crippen LogP contribution in [0.2, 0.25) is 0 Å². The number of hydrogen-bond acceptors (Lipinski definition) is 3. The van der Waals surface area contributed by atoms with E-state index in [2.05, 4.69) is 21.0 Å². The van der Waals surface area contributed by atoms with Crippen LogP contribution in [0.4, 0.5) is 4.79 Å². The lowest BCUT2D eigenvalue weighted by atomic mass is 10.2. The quantitative estimate of drug-likeness (QED) is 0.779. The minimum absolute atomic E-state index is 0.441. The molecule has 0 aromatic carbocycles. The van der Waals surface area contributed by atoms with E-state index in [0.29, 0.717) is 0 Å². The second-order valence-electron chi connectivity index (χ2n) is 4.21. The minimum atomic E-state index is -0.487. The smallest absolute Gasteiger partial charge is 0.435 e.